The van der Waals surface area contributed by atoms with E-state index in [9.17, 15) is 0 Å². The Morgan fingerprint density at radius 2 is 1.57 bits per heavy atom. The maximum atomic E-state index is 5.41. The summed E-state index contributed by atoms with van der Waals surface area (Å²) < 4.78 is 14.2. The Labute approximate surface area is 88.7 Å². The van der Waals surface area contributed by atoms with E-state index in [0.29, 0.717) is 5.41 Å². The maximum absolute atomic E-state index is 5.41. The molecular formula is C9H23NO3Si. The number of nitrogens with two attached hydrogens (primary N) is 1. The van der Waals surface area contributed by atoms with Crippen LogP contribution in [0.5, 0.6) is 0 Å². The zero-order chi connectivity index (χ0) is 11.2. The summed E-state index contributed by atoms with van der Waals surface area (Å²) in [5, 5.41) is 0. The molecule has 1 aliphatic carbocycles. The molecule has 1 atom stereocenters. The van der Waals surface area contributed by atoms with Crippen molar-refractivity contribution < 1.29 is 13.3 Å². The van der Waals surface area contributed by atoms with Crippen LogP contribution in [0.15, 0.2) is 0 Å². The SMILES string of the molecule is CC1(C)CC1CN.CO[SiH](OC)OC. The zero-order valence-electron chi connectivity index (χ0n) is 9.87. The van der Waals surface area contributed by atoms with Crippen LogP contribution in [0.3, 0.4) is 0 Å². The van der Waals surface area contributed by atoms with Gasteiger partial charge >= 0.3 is 9.53 Å². The van der Waals surface area contributed by atoms with Crippen molar-refractivity contribution >= 4 is 9.53 Å². The Balaban J connectivity index is 0.000000241. The predicted molar refractivity (Wildman–Crippen MR) is 59.1 cm³/mol. The molecular weight excluding hydrogens is 198 g/mol. The molecule has 4 nitrogen and oxygen atoms in total. The Bertz CT molecular complexity index is 142. The fourth-order valence-corrected chi connectivity index (χ4v) is 1.84. The lowest BCUT2D eigenvalue weighted by Crippen LogP contribution is -2.21. The van der Waals surface area contributed by atoms with Crippen LogP contribution in [0, 0.1) is 11.3 Å². The summed E-state index contributed by atoms with van der Waals surface area (Å²) >= 11 is 0. The first-order valence-corrected chi connectivity index (χ1v) is 6.21. The summed E-state index contributed by atoms with van der Waals surface area (Å²) in [4.78, 5) is 0. The van der Waals surface area contributed by atoms with E-state index in [4.69, 9.17) is 19.0 Å². The number of hydrogen-bond donors (Lipinski definition) is 1. The van der Waals surface area contributed by atoms with Crippen LogP contribution < -0.4 is 5.73 Å². The van der Waals surface area contributed by atoms with E-state index in [2.05, 4.69) is 13.8 Å². The third-order valence-electron chi connectivity index (χ3n) is 2.58. The highest BCUT2D eigenvalue weighted by Crippen LogP contribution is 2.50. The van der Waals surface area contributed by atoms with E-state index in [-0.39, 0.29) is 0 Å². The fourth-order valence-electron chi connectivity index (χ4n) is 1.27. The second-order valence-electron chi connectivity index (χ2n) is 4.12. The summed E-state index contributed by atoms with van der Waals surface area (Å²) in [6.45, 7) is 5.42. The molecule has 14 heavy (non-hydrogen) atoms. The highest BCUT2D eigenvalue weighted by Gasteiger charge is 2.43. The van der Waals surface area contributed by atoms with Crippen molar-refractivity contribution in [3.8, 4) is 0 Å². The molecule has 5 heteroatoms. The molecule has 86 valence electrons. The van der Waals surface area contributed by atoms with Crippen LogP contribution in [0.4, 0.5) is 0 Å². The molecule has 0 aromatic heterocycles. The van der Waals surface area contributed by atoms with E-state index in [1.807, 2.05) is 0 Å². The molecule has 1 fully saturated rings. The van der Waals surface area contributed by atoms with Gasteiger partial charge in [-0.3, -0.25) is 0 Å². The van der Waals surface area contributed by atoms with E-state index in [0.717, 1.165) is 12.5 Å². The van der Waals surface area contributed by atoms with Gasteiger partial charge in [0.25, 0.3) is 0 Å². The third kappa shape index (κ3) is 5.07. The number of hydrogen-bond acceptors (Lipinski definition) is 4. The lowest BCUT2D eigenvalue weighted by molar-refractivity contribution is 0.163. The molecule has 1 unspecified atom stereocenters. The van der Waals surface area contributed by atoms with Gasteiger partial charge in [0.15, 0.2) is 0 Å². The quantitative estimate of drug-likeness (QED) is 0.708. The smallest absolute Gasteiger partial charge is 0.379 e. The van der Waals surface area contributed by atoms with Gasteiger partial charge in [-0.05, 0) is 24.3 Å². The Morgan fingerprint density at radius 1 is 1.21 bits per heavy atom. The van der Waals surface area contributed by atoms with Crippen LogP contribution in [0.25, 0.3) is 0 Å². The summed E-state index contributed by atoms with van der Waals surface area (Å²) in [6.07, 6.45) is 1.34. The average molecular weight is 221 g/mol. The Kier molecular flexibility index (Phi) is 6.55. The molecule has 0 spiro atoms. The van der Waals surface area contributed by atoms with E-state index in [1.54, 1.807) is 21.3 Å². The topological polar surface area (TPSA) is 53.7 Å². The van der Waals surface area contributed by atoms with Gasteiger partial charge in [0, 0.05) is 21.3 Å². The van der Waals surface area contributed by atoms with Gasteiger partial charge in [0.1, 0.15) is 0 Å². The highest BCUT2D eigenvalue weighted by atomic mass is 28.3. The van der Waals surface area contributed by atoms with Crippen molar-refractivity contribution in [2.45, 2.75) is 20.3 Å². The first kappa shape index (κ1) is 14.1. The number of rotatable bonds is 4. The first-order valence-electron chi connectivity index (χ1n) is 4.80. The van der Waals surface area contributed by atoms with E-state index < -0.39 is 9.53 Å². The van der Waals surface area contributed by atoms with Crippen LogP contribution in [-0.4, -0.2) is 37.4 Å². The van der Waals surface area contributed by atoms with Gasteiger partial charge in [-0.2, -0.15) is 0 Å². The van der Waals surface area contributed by atoms with Crippen LogP contribution in [0.2, 0.25) is 0 Å². The van der Waals surface area contributed by atoms with Crippen LogP contribution in [0.1, 0.15) is 20.3 Å². The minimum atomic E-state index is -1.67. The normalized spacial score (nSPS) is 22.9. The molecule has 0 radical (unpaired) electrons. The lowest BCUT2D eigenvalue weighted by Gasteiger charge is -2.05. The lowest BCUT2D eigenvalue weighted by atomic mass is 10.1. The van der Waals surface area contributed by atoms with Crippen LogP contribution >= 0.6 is 0 Å². The van der Waals surface area contributed by atoms with Crippen molar-refractivity contribution in [3.63, 3.8) is 0 Å². The minimum absolute atomic E-state index is 0.592. The monoisotopic (exact) mass is 221 g/mol. The molecule has 0 bridgehead atoms. The van der Waals surface area contributed by atoms with Gasteiger partial charge in [-0.15, -0.1) is 0 Å². The van der Waals surface area contributed by atoms with Gasteiger partial charge in [0.05, 0.1) is 0 Å². The largest absolute Gasteiger partial charge is 0.483 e. The van der Waals surface area contributed by atoms with Gasteiger partial charge in [0.2, 0.25) is 0 Å². The van der Waals surface area contributed by atoms with Crippen molar-refractivity contribution in [2.75, 3.05) is 27.9 Å². The molecule has 1 rings (SSSR count). The molecule has 0 aliphatic heterocycles. The van der Waals surface area contributed by atoms with Gasteiger partial charge < -0.3 is 19.0 Å². The van der Waals surface area contributed by atoms with Crippen LogP contribution in [-0.2, 0) is 13.3 Å². The zero-order valence-corrected chi connectivity index (χ0v) is 11.0. The minimum Gasteiger partial charge on any atom is -0.379 e. The summed E-state index contributed by atoms with van der Waals surface area (Å²) in [6, 6.07) is 0. The molecule has 2 N–H and O–H groups in total. The molecule has 0 aromatic carbocycles. The molecule has 1 aliphatic rings. The second kappa shape index (κ2) is 6.52. The van der Waals surface area contributed by atoms with E-state index in [1.165, 1.54) is 6.42 Å². The standard InChI is InChI=1S/C6H13N.C3H10O3Si/c1-6(2)3-5(6)4-7;1-4-7(5-2)6-3/h5H,3-4,7H2,1-2H3;7H,1-3H3. The summed E-state index contributed by atoms with van der Waals surface area (Å²) in [5.74, 6) is 0.826. The molecule has 0 amide bonds. The highest BCUT2D eigenvalue weighted by molar-refractivity contribution is 6.36. The molecule has 0 saturated heterocycles. The molecule has 0 aromatic rings. The third-order valence-corrected chi connectivity index (χ3v) is 3.73. The van der Waals surface area contributed by atoms with Crippen molar-refractivity contribution in [2.24, 2.45) is 17.1 Å². The molecule has 1 saturated carbocycles. The van der Waals surface area contributed by atoms with Gasteiger partial charge in [-0.1, -0.05) is 13.8 Å². The van der Waals surface area contributed by atoms with Crippen molar-refractivity contribution in [3.05, 3.63) is 0 Å². The Hall–Kier alpha value is 0.0569. The van der Waals surface area contributed by atoms with Gasteiger partial charge in [-0.25, -0.2) is 0 Å². The first-order chi connectivity index (χ1) is 6.51. The van der Waals surface area contributed by atoms with Crippen molar-refractivity contribution in [1.82, 2.24) is 0 Å². The van der Waals surface area contributed by atoms with Crippen molar-refractivity contribution in [1.29, 1.82) is 0 Å². The fraction of sp³-hybridized carbons (Fsp3) is 1.00. The summed E-state index contributed by atoms with van der Waals surface area (Å²) in [5.41, 5.74) is 6.00. The van der Waals surface area contributed by atoms with E-state index >= 15 is 0 Å². The predicted octanol–water partition coefficient (Wildman–Crippen LogP) is 0.634. The second-order valence-corrected chi connectivity index (χ2v) is 6.11. The summed E-state index contributed by atoms with van der Waals surface area (Å²) in [7, 11) is 3.05. The Morgan fingerprint density at radius 3 is 1.57 bits per heavy atom. The average Bonchev–Trinajstić information content (AvgIpc) is 2.78. The maximum Gasteiger partial charge on any atom is 0.483 e. The molecule has 0 heterocycles.